The third-order valence-electron chi connectivity index (χ3n) is 6.02. The minimum absolute atomic E-state index is 0.252. The molecule has 0 amide bonds. The first-order chi connectivity index (χ1) is 17.3. The van der Waals surface area contributed by atoms with E-state index in [9.17, 15) is 13.2 Å². The molecule has 0 saturated carbocycles. The summed E-state index contributed by atoms with van der Waals surface area (Å²) in [5.74, 6) is 0. The van der Waals surface area contributed by atoms with Crippen molar-refractivity contribution in [3.8, 4) is 11.1 Å². The van der Waals surface area contributed by atoms with Gasteiger partial charge in [-0.1, -0.05) is 102 Å². The summed E-state index contributed by atoms with van der Waals surface area (Å²) in [6.45, 7) is 0. The number of fused-ring (bicyclic) bond motifs is 1. The van der Waals surface area contributed by atoms with Gasteiger partial charge in [0.1, 0.15) is 5.52 Å². The molecule has 180 valence electrons. The summed E-state index contributed by atoms with van der Waals surface area (Å²) in [6, 6.07) is 27.2. The van der Waals surface area contributed by atoms with Crippen molar-refractivity contribution in [1.29, 1.82) is 0 Å². The molecule has 0 bridgehead atoms. The van der Waals surface area contributed by atoms with Crippen molar-refractivity contribution in [2.24, 2.45) is 0 Å². The summed E-state index contributed by atoms with van der Waals surface area (Å²) in [4.78, 5) is 0. The molecule has 2 nitrogen and oxygen atoms in total. The minimum Gasteiger partial charge on any atom is -0.166 e. The average molecular weight is 523 g/mol. The molecule has 1 aromatic heterocycles. The number of nitrogens with zero attached hydrogens (tertiary/aromatic N) is 2. The van der Waals surface area contributed by atoms with E-state index < -0.39 is 11.7 Å². The number of hydrogen-bond donors (Lipinski definition) is 0. The van der Waals surface area contributed by atoms with Crippen LogP contribution in [0.25, 0.3) is 22.0 Å². The van der Waals surface area contributed by atoms with E-state index in [0.717, 1.165) is 39.4 Å². The largest absolute Gasteiger partial charge is 0.417 e. The second-order valence-corrected chi connectivity index (χ2v) is 9.26. The van der Waals surface area contributed by atoms with Crippen molar-refractivity contribution < 1.29 is 13.2 Å². The molecular weight excluding hydrogens is 504 g/mol. The fourth-order valence-electron chi connectivity index (χ4n) is 4.36. The highest BCUT2D eigenvalue weighted by Gasteiger charge is 2.33. The van der Waals surface area contributed by atoms with Gasteiger partial charge in [0, 0.05) is 17.4 Å². The van der Waals surface area contributed by atoms with Crippen LogP contribution in [0.1, 0.15) is 27.9 Å². The molecule has 1 heterocycles. The highest BCUT2D eigenvalue weighted by molar-refractivity contribution is 6.35. The zero-order valence-electron chi connectivity index (χ0n) is 18.9. The number of alkyl halides is 3. The van der Waals surface area contributed by atoms with Crippen molar-refractivity contribution in [3.63, 3.8) is 0 Å². The maximum Gasteiger partial charge on any atom is 0.417 e. The van der Waals surface area contributed by atoms with Gasteiger partial charge in [-0.15, -0.1) is 5.10 Å². The Morgan fingerprint density at radius 3 is 2.19 bits per heavy atom. The predicted molar refractivity (Wildman–Crippen MR) is 138 cm³/mol. The van der Waals surface area contributed by atoms with Gasteiger partial charge < -0.3 is 0 Å². The predicted octanol–water partition coefficient (Wildman–Crippen LogP) is 8.80. The molecule has 36 heavy (non-hydrogen) atoms. The summed E-state index contributed by atoms with van der Waals surface area (Å²) in [5.41, 5.74) is 4.64. The van der Waals surface area contributed by atoms with Crippen molar-refractivity contribution >= 4 is 34.1 Å². The molecule has 0 atom stereocenters. The van der Waals surface area contributed by atoms with E-state index in [1.54, 1.807) is 12.1 Å². The third kappa shape index (κ3) is 4.95. The fourth-order valence-corrected chi connectivity index (χ4v) is 4.87. The van der Waals surface area contributed by atoms with Crippen LogP contribution in [0, 0.1) is 0 Å². The monoisotopic (exact) mass is 522 g/mol. The smallest absolute Gasteiger partial charge is 0.166 e. The van der Waals surface area contributed by atoms with E-state index in [2.05, 4.69) is 10.2 Å². The van der Waals surface area contributed by atoms with Gasteiger partial charge in [-0.25, -0.2) is 0 Å². The van der Waals surface area contributed by atoms with Crippen LogP contribution in [-0.2, 0) is 19.0 Å². The molecule has 0 aliphatic rings. The Labute approximate surface area is 216 Å². The quantitative estimate of drug-likeness (QED) is 0.230. The molecule has 7 heteroatoms. The Bertz CT molecular complexity index is 1550. The van der Waals surface area contributed by atoms with E-state index in [1.807, 2.05) is 66.7 Å². The molecule has 0 unspecified atom stereocenters. The van der Waals surface area contributed by atoms with Crippen molar-refractivity contribution in [2.75, 3.05) is 0 Å². The average Bonchev–Trinajstić information content (AvgIpc) is 2.85. The van der Waals surface area contributed by atoms with E-state index in [4.69, 9.17) is 23.2 Å². The lowest BCUT2D eigenvalue weighted by Gasteiger charge is -2.15. The second kappa shape index (κ2) is 9.92. The van der Waals surface area contributed by atoms with Crippen LogP contribution >= 0.6 is 23.2 Å². The Hall–Kier alpha value is -3.41. The lowest BCUT2D eigenvalue weighted by molar-refractivity contribution is -0.137. The van der Waals surface area contributed by atoms with Crippen LogP contribution in [0.3, 0.4) is 0 Å². The number of halogens is 5. The molecule has 0 aliphatic heterocycles. The second-order valence-electron chi connectivity index (χ2n) is 8.47. The van der Waals surface area contributed by atoms with Crippen molar-refractivity contribution in [2.45, 2.75) is 19.0 Å². The van der Waals surface area contributed by atoms with Gasteiger partial charge in [-0.05, 0) is 40.8 Å². The van der Waals surface area contributed by atoms with Gasteiger partial charge in [0.15, 0.2) is 0 Å². The van der Waals surface area contributed by atoms with Gasteiger partial charge in [0.05, 0.1) is 21.3 Å². The molecule has 0 radical (unpaired) electrons. The zero-order valence-corrected chi connectivity index (χ0v) is 20.4. The Balaban J connectivity index is 1.61. The molecule has 5 rings (SSSR count). The van der Waals surface area contributed by atoms with Crippen LogP contribution < -0.4 is 0 Å². The summed E-state index contributed by atoms with van der Waals surface area (Å²) in [7, 11) is 0. The molecule has 0 aliphatic carbocycles. The van der Waals surface area contributed by atoms with E-state index in [-0.39, 0.29) is 11.4 Å². The minimum atomic E-state index is -4.51. The highest BCUT2D eigenvalue weighted by atomic mass is 35.5. The molecule has 0 fully saturated rings. The molecular formula is C29H19Cl2F3N2. The van der Waals surface area contributed by atoms with Gasteiger partial charge >= 0.3 is 6.18 Å². The summed E-state index contributed by atoms with van der Waals surface area (Å²) in [6.07, 6.45) is -3.70. The number of hydrogen-bond acceptors (Lipinski definition) is 2. The standard InChI is InChI=1S/C29H19Cl2F3N2/c30-24-14-6-12-22-26(25(35-36-28(22)24)17-18-7-2-1-3-8-18)20-10-4-9-19(15-20)16-21-11-5-13-23(27(21)31)29(32,33)34/h1-15H,16-17H2. The van der Waals surface area contributed by atoms with Crippen LogP contribution in [0.15, 0.2) is 91.0 Å². The first-order valence-corrected chi connectivity index (χ1v) is 12.0. The molecule has 5 aromatic rings. The maximum absolute atomic E-state index is 13.3. The lowest BCUT2D eigenvalue weighted by Crippen LogP contribution is -2.07. The molecule has 0 N–H and O–H groups in total. The third-order valence-corrected chi connectivity index (χ3v) is 6.78. The molecule has 0 saturated heterocycles. The maximum atomic E-state index is 13.3. The van der Waals surface area contributed by atoms with Crippen LogP contribution in [0.2, 0.25) is 10.0 Å². The Kier molecular flexibility index (Phi) is 6.69. The Morgan fingerprint density at radius 1 is 0.694 bits per heavy atom. The summed E-state index contributed by atoms with van der Waals surface area (Å²) < 4.78 is 40.0. The Morgan fingerprint density at radius 2 is 1.42 bits per heavy atom. The van der Waals surface area contributed by atoms with Crippen molar-refractivity contribution in [1.82, 2.24) is 10.2 Å². The summed E-state index contributed by atoms with van der Waals surface area (Å²) >= 11 is 12.6. The van der Waals surface area contributed by atoms with E-state index in [0.29, 0.717) is 22.5 Å². The van der Waals surface area contributed by atoms with Gasteiger partial charge in [-0.3, -0.25) is 0 Å². The highest BCUT2D eigenvalue weighted by Crippen LogP contribution is 2.38. The molecule has 4 aromatic carbocycles. The van der Waals surface area contributed by atoms with Crippen molar-refractivity contribution in [3.05, 3.63) is 129 Å². The topological polar surface area (TPSA) is 25.8 Å². The first kappa shape index (κ1) is 24.3. The fraction of sp³-hybridized carbons (Fsp3) is 0.103. The van der Waals surface area contributed by atoms with Gasteiger partial charge in [0.25, 0.3) is 0 Å². The zero-order chi connectivity index (χ0) is 25.3. The first-order valence-electron chi connectivity index (χ1n) is 11.2. The van der Waals surface area contributed by atoms with Crippen LogP contribution in [-0.4, -0.2) is 10.2 Å². The van der Waals surface area contributed by atoms with E-state index >= 15 is 0 Å². The number of benzene rings is 4. The molecule has 0 spiro atoms. The van der Waals surface area contributed by atoms with E-state index in [1.165, 1.54) is 6.07 Å². The van der Waals surface area contributed by atoms with Gasteiger partial charge in [-0.2, -0.15) is 18.3 Å². The SMILES string of the molecule is FC(F)(F)c1cccc(Cc2cccc(-c3c(Cc4ccccc4)nnc4c(Cl)cccc34)c2)c1Cl. The van der Waals surface area contributed by atoms with Crippen LogP contribution in [0.4, 0.5) is 13.2 Å². The lowest BCUT2D eigenvalue weighted by atomic mass is 9.93. The summed E-state index contributed by atoms with van der Waals surface area (Å²) in [5, 5.41) is 10.0. The van der Waals surface area contributed by atoms with Gasteiger partial charge in [0.2, 0.25) is 0 Å². The van der Waals surface area contributed by atoms with Crippen LogP contribution in [0.5, 0.6) is 0 Å². The normalized spacial score (nSPS) is 11.7. The number of aromatic nitrogens is 2. The number of rotatable bonds is 5.